The third-order valence-corrected chi connectivity index (χ3v) is 9.90. The molecule has 7 heteroatoms. The summed E-state index contributed by atoms with van der Waals surface area (Å²) in [6, 6.07) is 9.80. The first-order valence-corrected chi connectivity index (χ1v) is 12.9. The first-order valence-electron chi connectivity index (χ1n) is 9.96. The number of hydrogen-bond acceptors (Lipinski definition) is 6. The molecule has 0 atom stereocenters. The maximum atomic E-state index is 6.51. The monoisotopic (exact) mass is 433 g/mol. The van der Waals surface area contributed by atoms with Crippen molar-refractivity contribution < 1.29 is 23.4 Å². The molecule has 166 valence electrons. The summed E-state index contributed by atoms with van der Waals surface area (Å²) >= 11 is 0. The predicted molar refractivity (Wildman–Crippen MR) is 124 cm³/mol. The molecule has 0 fully saturated rings. The van der Waals surface area contributed by atoms with Crippen LogP contribution in [0.3, 0.4) is 0 Å². The van der Waals surface area contributed by atoms with Crippen molar-refractivity contribution in [2.75, 3.05) is 33.8 Å². The van der Waals surface area contributed by atoms with E-state index in [1.807, 2.05) is 30.3 Å². The van der Waals surface area contributed by atoms with Gasteiger partial charge in [-0.25, -0.2) is 0 Å². The number of hydrogen-bond donors (Lipinski definition) is 1. The van der Waals surface area contributed by atoms with Gasteiger partial charge in [-0.2, -0.15) is 0 Å². The molecule has 0 heterocycles. The fraction of sp³-hybridized carbons (Fsp3) is 0.478. The van der Waals surface area contributed by atoms with E-state index >= 15 is 0 Å². The van der Waals surface area contributed by atoms with Gasteiger partial charge in [0, 0.05) is 24.4 Å². The van der Waals surface area contributed by atoms with Gasteiger partial charge >= 0.3 is 0 Å². The van der Waals surface area contributed by atoms with Crippen molar-refractivity contribution in [2.24, 2.45) is 0 Å². The van der Waals surface area contributed by atoms with Crippen LogP contribution in [0.4, 0.5) is 5.69 Å². The van der Waals surface area contributed by atoms with Crippen molar-refractivity contribution in [3.63, 3.8) is 0 Å². The van der Waals surface area contributed by atoms with Crippen LogP contribution in [0.1, 0.15) is 26.3 Å². The highest BCUT2D eigenvalue weighted by Gasteiger charge is 2.39. The summed E-state index contributed by atoms with van der Waals surface area (Å²) in [5, 5.41) is 3.52. The second kappa shape index (κ2) is 9.51. The fourth-order valence-electron chi connectivity index (χ4n) is 2.73. The number of anilines is 1. The van der Waals surface area contributed by atoms with Gasteiger partial charge in [0.25, 0.3) is 8.32 Å². The maximum absolute atomic E-state index is 6.51. The highest BCUT2D eigenvalue weighted by Crippen LogP contribution is 2.41. The van der Waals surface area contributed by atoms with Crippen molar-refractivity contribution in [1.29, 1.82) is 0 Å². The number of benzene rings is 2. The second-order valence-electron chi connectivity index (χ2n) is 8.62. The lowest BCUT2D eigenvalue weighted by molar-refractivity contribution is 0.324. The summed E-state index contributed by atoms with van der Waals surface area (Å²) in [4.78, 5) is 0. The molecule has 2 aromatic carbocycles. The SMILES string of the molecule is COc1ccc(CNc2cc(OC)c(OC)c(OC)c2)cc1O[Si](C)(C)C(C)(C)C. The number of rotatable bonds is 9. The molecule has 0 aromatic heterocycles. The van der Waals surface area contributed by atoms with Crippen LogP contribution in [-0.4, -0.2) is 36.8 Å². The van der Waals surface area contributed by atoms with Gasteiger partial charge in [-0.1, -0.05) is 26.8 Å². The van der Waals surface area contributed by atoms with Crippen LogP contribution in [0.5, 0.6) is 28.7 Å². The molecule has 0 spiro atoms. The standard InChI is InChI=1S/C23H35NO5Si/c1-23(2,3)30(8,9)29-19-12-16(10-11-18(19)25-4)15-24-17-13-20(26-5)22(28-7)21(14-17)27-6/h10-14,24H,15H2,1-9H3. The molecule has 0 saturated carbocycles. The normalized spacial score (nSPS) is 11.6. The Bertz CT molecular complexity index is 836. The van der Waals surface area contributed by atoms with Crippen LogP contribution in [0, 0.1) is 0 Å². The third-order valence-electron chi connectivity index (χ3n) is 5.56. The third kappa shape index (κ3) is 5.33. The van der Waals surface area contributed by atoms with Crippen LogP contribution in [0.25, 0.3) is 0 Å². The molecule has 30 heavy (non-hydrogen) atoms. The molecule has 0 aliphatic carbocycles. The zero-order chi connectivity index (χ0) is 22.5. The van der Waals surface area contributed by atoms with Crippen molar-refractivity contribution in [1.82, 2.24) is 0 Å². The average Bonchev–Trinajstić information content (AvgIpc) is 2.70. The summed E-state index contributed by atoms with van der Waals surface area (Å²) in [6.07, 6.45) is 0. The van der Waals surface area contributed by atoms with Crippen LogP contribution < -0.4 is 28.7 Å². The first kappa shape index (κ1) is 23.7. The molecule has 1 N–H and O–H groups in total. The van der Waals surface area contributed by atoms with Gasteiger partial charge < -0.3 is 28.7 Å². The van der Waals surface area contributed by atoms with E-state index in [-0.39, 0.29) is 5.04 Å². The predicted octanol–water partition coefficient (Wildman–Crippen LogP) is 5.72. The maximum Gasteiger partial charge on any atom is 0.250 e. The van der Waals surface area contributed by atoms with Gasteiger partial charge in [-0.05, 0) is 35.8 Å². The molecule has 0 aliphatic rings. The minimum atomic E-state index is -1.99. The minimum Gasteiger partial charge on any atom is -0.541 e. The van der Waals surface area contributed by atoms with E-state index in [4.69, 9.17) is 23.4 Å². The van der Waals surface area contributed by atoms with Crippen LogP contribution >= 0.6 is 0 Å². The largest absolute Gasteiger partial charge is 0.541 e. The van der Waals surface area contributed by atoms with Crippen LogP contribution in [0.15, 0.2) is 30.3 Å². The molecule has 0 unspecified atom stereocenters. The smallest absolute Gasteiger partial charge is 0.250 e. The Morgan fingerprint density at radius 3 is 1.80 bits per heavy atom. The van der Waals surface area contributed by atoms with Gasteiger partial charge in [0.15, 0.2) is 17.2 Å². The summed E-state index contributed by atoms with van der Waals surface area (Å²) < 4.78 is 28.3. The lowest BCUT2D eigenvalue weighted by Gasteiger charge is -2.36. The van der Waals surface area contributed by atoms with Gasteiger partial charge in [0.2, 0.25) is 5.75 Å². The topological polar surface area (TPSA) is 58.2 Å². The lowest BCUT2D eigenvalue weighted by Crippen LogP contribution is -2.43. The summed E-state index contributed by atoms with van der Waals surface area (Å²) in [7, 11) is 4.49. The molecule has 0 aliphatic heterocycles. The zero-order valence-corrected chi connectivity index (χ0v) is 20.6. The first-order chi connectivity index (χ1) is 14.1. The molecular weight excluding hydrogens is 398 g/mol. The Labute approximate surface area is 181 Å². The number of nitrogens with one attached hydrogen (secondary N) is 1. The van der Waals surface area contributed by atoms with Gasteiger partial charge in [-0.3, -0.25) is 0 Å². The van der Waals surface area contributed by atoms with E-state index in [1.54, 1.807) is 28.4 Å². The average molecular weight is 434 g/mol. The van der Waals surface area contributed by atoms with Gasteiger partial charge in [-0.15, -0.1) is 0 Å². The van der Waals surface area contributed by atoms with E-state index in [2.05, 4.69) is 39.2 Å². The molecule has 6 nitrogen and oxygen atoms in total. The lowest BCUT2D eigenvalue weighted by atomic mass is 10.2. The van der Waals surface area contributed by atoms with E-state index < -0.39 is 8.32 Å². The Morgan fingerprint density at radius 1 is 0.767 bits per heavy atom. The highest BCUT2D eigenvalue weighted by molar-refractivity contribution is 6.74. The Morgan fingerprint density at radius 2 is 1.33 bits per heavy atom. The van der Waals surface area contributed by atoms with Gasteiger partial charge in [0.1, 0.15) is 5.75 Å². The molecule has 0 amide bonds. The molecule has 2 rings (SSSR count). The molecular formula is C23H35NO5Si. The van der Waals surface area contributed by atoms with E-state index in [9.17, 15) is 0 Å². The minimum absolute atomic E-state index is 0.0997. The highest BCUT2D eigenvalue weighted by atomic mass is 28.4. The van der Waals surface area contributed by atoms with E-state index in [0.29, 0.717) is 23.8 Å². The molecule has 0 saturated heterocycles. The van der Waals surface area contributed by atoms with Crippen LogP contribution in [-0.2, 0) is 6.54 Å². The number of ether oxygens (including phenoxy) is 4. The summed E-state index contributed by atoms with van der Waals surface area (Å²) in [5.41, 5.74) is 1.95. The summed E-state index contributed by atoms with van der Waals surface area (Å²) in [5.74, 6) is 3.32. The van der Waals surface area contributed by atoms with Crippen molar-refractivity contribution in [2.45, 2.75) is 45.4 Å². The van der Waals surface area contributed by atoms with E-state index in [1.165, 1.54) is 0 Å². The Kier molecular flexibility index (Phi) is 7.52. The molecule has 0 bridgehead atoms. The fourth-order valence-corrected chi connectivity index (χ4v) is 3.74. The quantitative estimate of drug-likeness (QED) is 0.511. The Balaban J connectivity index is 2.26. The van der Waals surface area contributed by atoms with Gasteiger partial charge in [0.05, 0.1) is 28.4 Å². The molecule has 2 aromatic rings. The Hall–Kier alpha value is -2.54. The number of methoxy groups -OCH3 is 4. The summed E-state index contributed by atoms with van der Waals surface area (Å²) in [6.45, 7) is 11.7. The van der Waals surface area contributed by atoms with Crippen molar-refractivity contribution in [3.8, 4) is 28.7 Å². The zero-order valence-electron chi connectivity index (χ0n) is 19.6. The second-order valence-corrected chi connectivity index (χ2v) is 13.3. The van der Waals surface area contributed by atoms with E-state index in [0.717, 1.165) is 22.7 Å². The van der Waals surface area contributed by atoms with Crippen molar-refractivity contribution in [3.05, 3.63) is 35.9 Å². The van der Waals surface area contributed by atoms with Crippen LogP contribution in [0.2, 0.25) is 18.1 Å². The van der Waals surface area contributed by atoms with Crippen molar-refractivity contribution >= 4 is 14.0 Å². The molecule has 0 radical (unpaired) electrons.